The number of hydrogen-bond acceptors (Lipinski definition) is 7. The van der Waals surface area contributed by atoms with Crippen LogP contribution in [0.1, 0.15) is 6.42 Å². The number of phenols is 1. The number of aromatic hydroxyl groups is 1. The molecular weight excluding hydrogens is 400 g/mol. The zero-order valence-electron chi connectivity index (χ0n) is 12.4. The minimum atomic E-state index is -3.96. The lowest BCUT2D eigenvalue weighted by Gasteiger charge is -2.07. The molecule has 0 unspecified atom stereocenters. The molecule has 0 atom stereocenters. The number of halogens is 1. The number of phenolic OH excluding ortho intramolecular Hbond substituents is 1. The molecule has 0 aliphatic heterocycles. The van der Waals surface area contributed by atoms with Crippen LogP contribution in [0.5, 0.6) is 5.75 Å². The summed E-state index contributed by atoms with van der Waals surface area (Å²) in [7, 11) is -3.96. The van der Waals surface area contributed by atoms with E-state index >= 15 is 0 Å². The molecule has 2 rings (SSSR count). The van der Waals surface area contributed by atoms with Crippen LogP contribution in [0, 0.1) is 0 Å². The number of aromatic nitrogens is 1. The largest absolute Gasteiger partial charge is 0.506 e. The number of nitrogens with zero attached hydrogens (tertiary/aromatic N) is 3. The summed E-state index contributed by atoms with van der Waals surface area (Å²) in [5, 5.41) is 20.7. The van der Waals surface area contributed by atoms with Crippen LogP contribution in [0.3, 0.4) is 0 Å². The lowest BCUT2D eigenvalue weighted by molar-refractivity contribution is 0.476. The monoisotopic (exact) mass is 414 g/mol. The van der Waals surface area contributed by atoms with Gasteiger partial charge in [-0.25, -0.2) is 4.98 Å². The highest BCUT2D eigenvalue weighted by atomic mass is 79.9. The number of anilines is 1. The second-order valence-corrected chi connectivity index (χ2v) is 7.29. The molecule has 128 valence electrons. The van der Waals surface area contributed by atoms with Gasteiger partial charge in [-0.3, -0.25) is 4.55 Å². The molecule has 0 saturated heterocycles. The lowest BCUT2D eigenvalue weighted by atomic mass is 10.2. The second-order valence-electron chi connectivity index (χ2n) is 4.80. The van der Waals surface area contributed by atoms with Crippen LogP contribution in [0.15, 0.2) is 51.2 Å². The summed E-state index contributed by atoms with van der Waals surface area (Å²) in [4.78, 5) is 4.04. The molecule has 0 amide bonds. The lowest BCUT2D eigenvalue weighted by Crippen LogP contribution is -2.10. The Balaban J connectivity index is 1.95. The average Bonchev–Trinajstić information content (AvgIpc) is 2.51. The Kier molecular flexibility index (Phi) is 6.23. The van der Waals surface area contributed by atoms with E-state index in [0.717, 1.165) is 4.47 Å². The minimum Gasteiger partial charge on any atom is -0.506 e. The molecule has 1 aromatic heterocycles. The maximum Gasteiger partial charge on any atom is 0.264 e. The number of hydrogen-bond donors (Lipinski definition) is 3. The van der Waals surface area contributed by atoms with Crippen LogP contribution < -0.4 is 5.32 Å². The average molecular weight is 415 g/mol. The summed E-state index contributed by atoms with van der Waals surface area (Å²) in [5.41, 5.74) is 0.881. The molecular formula is C14H15BrN4O4S. The fourth-order valence-corrected chi connectivity index (χ4v) is 2.48. The molecule has 0 aliphatic carbocycles. The summed E-state index contributed by atoms with van der Waals surface area (Å²) >= 11 is 3.27. The van der Waals surface area contributed by atoms with Gasteiger partial charge in [-0.1, -0.05) is 0 Å². The van der Waals surface area contributed by atoms with Gasteiger partial charge in [0.1, 0.15) is 11.4 Å². The first kappa shape index (κ1) is 18.3. The predicted octanol–water partition coefficient (Wildman–Crippen LogP) is 3.65. The van der Waals surface area contributed by atoms with Crippen molar-refractivity contribution >= 4 is 43.2 Å². The molecule has 0 saturated carbocycles. The van der Waals surface area contributed by atoms with E-state index in [9.17, 15) is 13.5 Å². The maximum atomic E-state index is 10.6. The van der Waals surface area contributed by atoms with Crippen LogP contribution in [0.2, 0.25) is 0 Å². The Bertz CT molecular complexity index is 825. The molecule has 24 heavy (non-hydrogen) atoms. The highest BCUT2D eigenvalue weighted by Crippen LogP contribution is 2.30. The summed E-state index contributed by atoms with van der Waals surface area (Å²) in [6.07, 6.45) is 1.84. The molecule has 1 heterocycles. The van der Waals surface area contributed by atoms with E-state index in [1.54, 1.807) is 30.5 Å². The van der Waals surface area contributed by atoms with Gasteiger partial charge in [-0.15, -0.1) is 10.2 Å². The fourth-order valence-electron chi connectivity index (χ4n) is 1.74. The molecule has 1 aromatic carbocycles. The van der Waals surface area contributed by atoms with Gasteiger partial charge in [0.25, 0.3) is 10.1 Å². The van der Waals surface area contributed by atoms with Gasteiger partial charge in [-0.2, -0.15) is 8.42 Å². The highest BCUT2D eigenvalue weighted by Gasteiger charge is 2.05. The highest BCUT2D eigenvalue weighted by molar-refractivity contribution is 9.10. The van der Waals surface area contributed by atoms with Gasteiger partial charge in [0.15, 0.2) is 5.82 Å². The van der Waals surface area contributed by atoms with E-state index < -0.39 is 10.1 Å². The van der Waals surface area contributed by atoms with E-state index in [1.165, 1.54) is 6.07 Å². The van der Waals surface area contributed by atoms with Crippen LogP contribution in [-0.2, 0) is 10.1 Å². The zero-order valence-corrected chi connectivity index (χ0v) is 14.8. The number of rotatable bonds is 7. The molecule has 0 bridgehead atoms. The SMILES string of the molecule is O=S(=O)(O)CCCNc1ccc(N=Nc2ccc(Br)cn2)c(O)c1. The van der Waals surface area contributed by atoms with Gasteiger partial charge < -0.3 is 10.4 Å². The van der Waals surface area contributed by atoms with E-state index in [-0.39, 0.29) is 23.6 Å². The van der Waals surface area contributed by atoms with Gasteiger partial charge in [0.05, 0.1) is 5.75 Å². The standard InChI is InChI=1S/C14H15BrN4O4S/c15-10-2-5-14(17-9-10)19-18-12-4-3-11(8-13(12)20)16-6-1-7-24(21,22)23/h2-5,8-9,16,20H,1,6-7H2,(H,21,22,23). The Labute approximate surface area is 147 Å². The molecule has 10 heteroatoms. The summed E-state index contributed by atoms with van der Waals surface area (Å²) < 4.78 is 30.7. The molecule has 2 aromatic rings. The summed E-state index contributed by atoms with van der Waals surface area (Å²) in [6.45, 7) is 0.336. The minimum absolute atomic E-state index is 0.0735. The van der Waals surface area contributed by atoms with Gasteiger partial charge in [0, 0.05) is 29.0 Å². The number of nitrogens with one attached hydrogen (secondary N) is 1. The van der Waals surface area contributed by atoms with Gasteiger partial charge in [-0.05, 0) is 46.6 Å². The Morgan fingerprint density at radius 2 is 2.00 bits per heavy atom. The first-order valence-electron chi connectivity index (χ1n) is 6.89. The van der Waals surface area contributed by atoms with Crippen molar-refractivity contribution in [2.75, 3.05) is 17.6 Å². The second kappa shape index (κ2) is 8.18. The molecule has 3 N–H and O–H groups in total. The van der Waals surface area contributed by atoms with Crippen LogP contribution in [0.4, 0.5) is 17.2 Å². The Morgan fingerprint density at radius 3 is 2.62 bits per heavy atom. The number of azo groups is 1. The van der Waals surface area contributed by atoms with Crippen molar-refractivity contribution in [2.24, 2.45) is 10.2 Å². The number of pyridine rings is 1. The van der Waals surface area contributed by atoms with Crippen molar-refractivity contribution in [1.29, 1.82) is 0 Å². The van der Waals surface area contributed by atoms with Gasteiger partial charge >= 0.3 is 0 Å². The fraction of sp³-hybridized carbons (Fsp3) is 0.214. The third kappa shape index (κ3) is 6.22. The van der Waals surface area contributed by atoms with E-state index in [0.29, 0.717) is 18.1 Å². The molecule has 0 fully saturated rings. The van der Waals surface area contributed by atoms with Crippen molar-refractivity contribution in [3.63, 3.8) is 0 Å². The van der Waals surface area contributed by atoms with Gasteiger partial charge in [0.2, 0.25) is 0 Å². The normalized spacial score (nSPS) is 11.8. The van der Waals surface area contributed by atoms with Crippen molar-refractivity contribution in [2.45, 2.75) is 6.42 Å². The van der Waals surface area contributed by atoms with Crippen molar-refractivity contribution < 1.29 is 18.1 Å². The number of benzene rings is 1. The molecule has 0 aliphatic rings. The quantitative estimate of drug-likeness (QED) is 0.360. The summed E-state index contributed by atoms with van der Waals surface area (Å²) in [5.74, 6) is 0.0130. The topological polar surface area (TPSA) is 124 Å². The first-order valence-corrected chi connectivity index (χ1v) is 9.29. The maximum absolute atomic E-state index is 10.6. The van der Waals surface area contributed by atoms with E-state index in [4.69, 9.17) is 4.55 Å². The van der Waals surface area contributed by atoms with E-state index in [1.807, 2.05) is 0 Å². The van der Waals surface area contributed by atoms with Crippen LogP contribution >= 0.6 is 15.9 Å². The third-order valence-electron chi connectivity index (χ3n) is 2.86. The molecule has 8 nitrogen and oxygen atoms in total. The van der Waals surface area contributed by atoms with Crippen LogP contribution in [0.25, 0.3) is 0 Å². The predicted molar refractivity (Wildman–Crippen MR) is 93.7 cm³/mol. The van der Waals surface area contributed by atoms with Crippen molar-refractivity contribution in [3.05, 3.63) is 41.0 Å². The van der Waals surface area contributed by atoms with E-state index in [2.05, 4.69) is 36.5 Å². The van der Waals surface area contributed by atoms with Crippen molar-refractivity contribution in [3.8, 4) is 5.75 Å². The zero-order chi connectivity index (χ0) is 17.6. The Hall–Kier alpha value is -2.04. The van der Waals surface area contributed by atoms with Crippen molar-refractivity contribution in [1.82, 2.24) is 4.98 Å². The Morgan fingerprint density at radius 1 is 1.21 bits per heavy atom. The molecule has 0 spiro atoms. The third-order valence-corrected chi connectivity index (χ3v) is 4.13. The first-order chi connectivity index (χ1) is 11.3. The van der Waals surface area contributed by atoms with Crippen LogP contribution in [-0.4, -0.2) is 35.4 Å². The smallest absolute Gasteiger partial charge is 0.264 e. The molecule has 0 radical (unpaired) electrons. The summed E-state index contributed by atoms with van der Waals surface area (Å²) in [6, 6.07) is 8.16.